The van der Waals surface area contributed by atoms with Crippen molar-refractivity contribution in [3.63, 3.8) is 0 Å². The number of nitrogens with one attached hydrogen (secondary N) is 1. The molecule has 0 fully saturated rings. The number of hydrogen-bond acceptors (Lipinski definition) is 3. The molecule has 0 aliphatic rings. The zero-order valence-corrected chi connectivity index (χ0v) is 11.0. The largest absolute Gasteiger partial charge is 0.399 e. The van der Waals surface area contributed by atoms with Gasteiger partial charge in [0.1, 0.15) is 0 Å². The molecule has 0 aliphatic carbocycles. The Bertz CT molecular complexity index is 505. The number of anilines is 1. The van der Waals surface area contributed by atoms with Crippen LogP contribution in [0.1, 0.15) is 23.4 Å². The fraction of sp³-hybridized carbons (Fsp3) is 0.214. The highest BCUT2D eigenvalue weighted by Crippen LogP contribution is 2.18. The number of rotatable bonds is 4. The van der Waals surface area contributed by atoms with E-state index in [0.29, 0.717) is 12.1 Å². The van der Waals surface area contributed by atoms with Crippen molar-refractivity contribution >= 4 is 22.9 Å². The summed E-state index contributed by atoms with van der Waals surface area (Å²) in [6, 6.07) is 11.5. The second-order valence-corrected chi connectivity index (χ2v) is 5.20. The molecule has 4 heteroatoms. The van der Waals surface area contributed by atoms with E-state index < -0.39 is 0 Å². The quantitative estimate of drug-likeness (QED) is 0.830. The maximum atomic E-state index is 11.9. The Balaban J connectivity index is 1.91. The highest BCUT2D eigenvalue weighted by atomic mass is 32.1. The Kier molecular flexibility index (Phi) is 3.99. The molecule has 1 aromatic heterocycles. The van der Waals surface area contributed by atoms with Gasteiger partial charge in [0.2, 0.25) is 5.91 Å². The first-order chi connectivity index (χ1) is 8.65. The van der Waals surface area contributed by atoms with E-state index in [2.05, 4.69) is 5.32 Å². The van der Waals surface area contributed by atoms with Gasteiger partial charge in [0.15, 0.2) is 0 Å². The predicted octanol–water partition coefficient (Wildman–Crippen LogP) is 2.75. The standard InChI is InChI=1S/C14H16N2OS/c1-10(13-3-2-8-18-13)16-14(17)9-11-4-6-12(15)7-5-11/h2-8,10H,9,15H2,1H3,(H,16,17)/t10-/m0/s1. The second-order valence-electron chi connectivity index (χ2n) is 4.22. The van der Waals surface area contributed by atoms with Gasteiger partial charge in [-0.25, -0.2) is 0 Å². The van der Waals surface area contributed by atoms with Gasteiger partial charge in [0, 0.05) is 10.6 Å². The zero-order valence-electron chi connectivity index (χ0n) is 10.2. The number of hydrogen-bond donors (Lipinski definition) is 2. The van der Waals surface area contributed by atoms with Gasteiger partial charge < -0.3 is 11.1 Å². The molecular weight excluding hydrogens is 244 g/mol. The zero-order chi connectivity index (χ0) is 13.0. The van der Waals surface area contributed by atoms with E-state index in [1.54, 1.807) is 11.3 Å². The van der Waals surface area contributed by atoms with E-state index >= 15 is 0 Å². The van der Waals surface area contributed by atoms with Gasteiger partial charge >= 0.3 is 0 Å². The van der Waals surface area contributed by atoms with Crippen LogP contribution in [-0.2, 0) is 11.2 Å². The van der Waals surface area contributed by atoms with Crippen LogP contribution in [0.5, 0.6) is 0 Å². The van der Waals surface area contributed by atoms with E-state index in [0.717, 1.165) is 5.56 Å². The SMILES string of the molecule is C[C@H](NC(=O)Cc1ccc(N)cc1)c1cccs1. The third kappa shape index (κ3) is 3.34. The summed E-state index contributed by atoms with van der Waals surface area (Å²) in [6.45, 7) is 1.99. The van der Waals surface area contributed by atoms with Crippen LogP contribution in [0.25, 0.3) is 0 Å². The Labute approximate surface area is 111 Å². The summed E-state index contributed by atoms with van der Waals surface area (Å²) in [5.41, 5.74) is 7.29. The Morgan fingerprint density at radius 1 is 1.33 bits per heavy atom. The first-order valence-corrected chi connectivity index (χ1v) is 6.70. The Morgan fingerprint density at radius 3 is 2.67 bits per heavy atom. The number of carbonyl (C=O) groups excluding carboxylic acids is 1. The summed E-state index contributed by atoms with van der Waals surface area (Å²) < 4.78 is 0. The first-order valence-electron chi connectivity index (χ1n) is 5.82. The maximum Gasteiger partial charge on any atom is 0.224 e. The number of thiophene rings is 1. The Hall–Kier alpha value is -1.81. The normalized spacial score (nSPS) is 12.1. The predicted molar refractivity (Wildman–Crippen MR) is 75.4 cm³/mol. The van der Waals surface area contributed by atoms with Crippen molar-refractivity contribution in [2.45, 2.75) is 19.4 Å². The molecule has 1 heterocycles. The van der Waals surface area contributed by atoms with Crippen molar-refractivity contribution in [3.8, 4) is 0 Å². The van der Waals surface area contributed by atoms with Crippen molar-refractivity contribution in [2.24, 2.45) is 0 Å². The van der Waals surface area contributed by atoms with E-state index in [1.165, 1.54) is 4.88 Å². The van der Waals surface area contributed by atoms with Gasteiger partial charge in [-0.3, -0.25) is 4.79 Å². The molecule has 1 aromatic carbocycles. The molecule has 94 valence electrons. The monoisotopic (exact) mass is 260 g/mol. The molecule has 0 aliphatic heterocycles. The summed E-state index contributed by atoms with van der Waals surface area (Å²) in [7, 11) is 0. The van der Waals surface area contributed by atoms with Gasteiger partial charge in [0.25, 0.3) is 0 Å². The van der Waals surface area contributed by atoms with Crippen LogP contribution in [0, 0.1) is 0 Å². The summed E-state index contributed by atoms with van der Waals surface area (Å²) in [5, 5.41) is 5.00. The molecule has 0 saturated carbocycles. The molecular formula is C14H16N2OS. The molecule has 1 atom stereocenters. The smallest absolute Gasteiger partial charge is 0.224 e. The molecule has 0 unspecified atom stereocenters. The fourth-order valence-electron chi connectivity index (χ4n) is 1.72. The van der Waals surface area contributed by atoms with Crippen molar-refractivity contribution in [3.05, 3.63) is 52.2 Å². The lowest BCUT2D eigenvalue weighted by atomic mass is 10.1. The lowest BCUT2D eigenvalue weighted by molar-refractivity contribution is -0.121. The fourth-order valence-corrected chi connectivity index (χ4v) is 2.46. The van der Waals surface area contributed by atoms with Crippen LogP contribution in [0.2, 0.25) is 0 Å². The lowest BCUT2D eigenvalue weighted by Gasteiger charge is -2.12. The first kappa shape index (κ1) is 12.6. The van der Waals surface area contributed by atoms with Crippen LogP contribution in [0.3, 0.4) is 0 Å². The van der Waals surface area contributed by atoms with Crippen molar-refractivity contribution in [1.82, 2.24) is 5.32 Å². The molecule has 2 rings (SSSR count). The summed E-state index contributed by atoms with van der Waals surface area (Å²) in [4.78, 5) is 13.0. The van der Waals surface area contributed by atoms with Gasteiger partial charge in [0.05, 0.1) is 12.5 Å². The van der Waals surface area contributed by atoms with Crippen LogP contribution in [0.15, 0.2) is 41.8 Å². The minimum absolute atomic E-state index is 0.0284. The highest BCUT2D eigenvalue weighted by Gasteiger charge is 2.10. The van der Waals surface area contributed by atoms with Crippen LogP contribution >= 0.6 is 11.3 Å². The highest BCUT2D eigenvalue weighted by molar-refractivity contribution is 7.10. The summed E-state index contributed by atoms with van der Waals surface area (Å²) >= 11 is 1.65. The summed E-state index contributed by atoms with van der Waals surface area (Å²) in [5.74, 6) is 0.0284. The lowest BCUT2D eigenvalue weighted by Crippen LogP contribution is -2.27. The molecule has 0 bridgehead atoms. The Morgan fingerprint density at radius 2 is 2.06 bits per heavy atom. The number of nitrogen functional groups attached to an aromatic ring is 1. The van der Waals surface area contributed by atoms with Gasteiger partial charge in [-0.05, 0) is 36.1 Å². The van der Waals surface area contributed by atoms with E-state index in [9.17, 15) is 4.79 Å². The van der Waals surface area contributed by atoms with Crippen molar-refractivity contribution in [1.29, 1.82) is 0 Å². The van der Waals surface area contributed by atoms with Crippen LogP contribution < -0.4 is 11.1 Å². The number of nitrogens with two attached hydrogens (primary N) is 1. The van der Waals surface area contributed by atoms with E-state index in [4.69, 9.17) is 5.73 Å². The average molecular weight is 260 g/mol. The van der Waals surface area contributed by atoms with Crippen molar-refractivity contribution in [2.75, 3.05) is 5.73 Å². The number of amides is 1. The number of benzene rings is 1. The third-order valence-electron chi connectivity index (χ3n) is 2.69. The molecule has 0 saturated heterocycles. The second kappa shape index (κ2) is 5.69. The van der Waals surface area contributed by atoms with Gasteiger partial charge in [-0.1, -0.05) is 18.2 Å². The maximum absolute atomic E-state index is 11.9. The third-order valence-corrected chi connectivity index (χ3v) is 3.75. The summed E-state index contributed by atoms with van der Waals surface area (Å²) in [6.07, 6.45) is 0.385. The van der Waals surface area contributed by atoms with E-state index in [-0.39, 0.29) is 11.9 Å². The molecule has 3 nitrogen and oxygen atoms in total. The molecule has 18 heavy (non-hydrogen) atoms. The molecule has 1 amide bonds. The van der Waals surface area contributed by atoms with E-state index in [1.807, 2.05) is 48.7 Å². The molecule has 3 N–H and O–H groups in total. The van der Waals surface area contributed by atoms with Crippen LogP contribution in [0.4, 0.5) is 5.69 Å². The molecule has 2 aromatic rings. The van der Waals surface area contributed by atoms with Crippen molar-refractivity contribution < 1.29 is 4.79 Å². The average Bonchev–Trinajstić information content (AvgIpc) is 2.85. The van der Waals surface area contributed by atoms with Crippen LogP contribution in [-0.4, -0.2) is 5.91 Å². The van der Waals surface area contributed by atoms with Gasteiger partial charge in [-0.15, -0.1) is 11.3 Å². The van der Waals surface area contributed by atoms with Gasteiger partial charge in [-0.2, -0.15) is 0 Å². The minimum Gasteiger partial charge on any atom is -0.399 e. The number of carbonyl (C=O) groups is 1. The molecule has 0 spiro atoms. The molecule has 0 radical (unpaired) electrons. The minimum atomic E-state index is 0.0284. The topological polar surface area (TPSA) is 55.1 Å².